The lowest BCUT2D eigenvalue weighted by Crippen LogP contribution is -1.89. The lowest BCUT2D eigenvalue weighted by Gasteiger charge is -2.06. The second-order valence-electron chi connectivity index (χ2n) is 3.73. The number of hydrogen-bond donors (Lipinski definition) is 0. The van der Waals surface area contributed by atoms with Crippen LogP contribution in [0.3, 0.4) is 0 Å². The monoisotopic (exact) mass is 282 g/mol. The molecular weight excluding hydrogens is 275 g/mol. The van der Waals surface area contributed by atoms with Crippen molar-refractivity contribution in [3.63, 3.8) is 0 Å². The van der Waals surface area contributed by atoms with Crippen molar-refractivity contribution in [3.05, 3.63) is 55.8 Å². The molecule has 1 aromatic heterocycles. The molecule has 0 spiro atoms. The van der Waals surface area contributed by atoms with E-state index in [-0.39, 0.29) is 5.15 Å². The maximum atomic E-state index is 10.3. The molecular formula is C12H8Cl2N2O2. The first-order valence-electron chi connectivity index (χ1n) is 5.06. The summed E-state index contributed by atoms with van der Waals surface area (Å²) < 4.78 is 0. The van der Waals surface area contributed by atoms with Crippen molar-refractivity contribution in [2.75, 3.05) is 0 Å². The molecule has 1 heterocycles. The molecule has 6 heteroatoms. The summed E-state index contributed by atoms with van der Waals surface area (Å²) in [6.45, 7) is 1.90. The molecule has 1 aromatic carbocycles. The Kier molecular flexibility index (Phi) is 3.50. The molecule has 0 atom stereocenters. The molecule has 2 aromatic rings. The first kappa shape index (κ1) is 12.8. The highest BCUT2D eigenvalue weighted by Crippen LogP contribution is 2.29. The third-order valence-corrected chi connectivity index (χ3v) is 3.12. The van der Waals surface area contributed by atoms with Gasteiger partial charge in [-0.2, -0.15) is 0 Å². The molecule has 0 saturated heterocycles. The summed E-state index contributed by atoms with van der Waals surface area (Å²) in [6, 6.07) is 5.30. The Morgan fingerprint density at radius 2 is 2.11 bits per heavy atom. The van der Waals surface area contributed by atoms with E-state index in [0.29, 0.717) is 16.1 Å². The Bertz CT molecular complexity index is 669. The first-order valence-corrected chi connectivity index (χ1v) is 5.81. The van der Waals surface area contributed by atoms with Gasteiger partial charge in [0.05, 0.1) is 15.5 Å². The number of benzene rings is 1. The fourth-order valence-electron chi connectivity index (χ4n) is 1.61. The van der Waals surface area contributed by atoms with Gasteiger partial charge in [-0.15, -0.1) is 0 Å². The first-order chi connectivity index (χ1) is 8.49. The van der Waals surface area contributed by atoms with Crippen molar-refractivity contribution in [1.82, 2.24) is 4.98 Å². The van der Waals surface area contributed by atoms with Crippen LogP contribution in [-0.4, -0.2) is 9.91 Å². The van der Waals surface area contributed by atoms with Crippen molar-refractivity contribution in [3.8, 4) is 0 Å². The summed E-state index contributed by atoms with van der Waals surface area (Å²) in [5.41, 5.74) is 2.11. The molecule has 0 fully saturated rings. The van der Waals surface area contributed by atoms with Gasteiger partial charge in [-0.3, -0.25) is 10.1 Å². The Morgan fingerprint density at radius 3 is 2.78 bits per heavy atom. The third kappa shape index (κ3) is 2.44. The van der Waals surface area contributed by atoms with Crippen LogP contribution in [0, 0.1) is 17.0 Å². The average Bonchev–Trinajstić information content (AvgIpc) is 2.32. The van der Waals surface area contributed by atoms with Crippen LogP contribution < -0.4 is 0 Å². The van der Waals surface area contributed by atoms with Crippen LogP contribution in [0.1, 0.15) is 11.1 Å². The topological polar surface area (TPSA) is 56.0 Å². The second kappa shape index (κ2) is 4.92. The van der Waals surface area contributed by atoms with Crippen LogP contribution in [-0.2, 0) is 0 Å². The number of nitro groups is 1. The van der Waals surface area contributed by atoms with Crippen molar-refractivity contribution in [1.29, 1.82) is 0 Å². The minimum atomic E-state index is -0.557. The van der Waals surface area contributed by atoms with Gasteiger partial charge < -0.3 is 0 Å². The number of aryl methyl sites for hydroxylation is 1. The van der Waals surface area contributed by atoms with Gasteiger partial charge in [-0.1, -0.05) is 29.3 Å². The Balaban J connectivity index is 2.68. The van der Waals surface area contributed by atoms with Crippen molar-refractivity contribution >= 4 is 40.2 Å². The number of rotatable bonds is 2. The van der Waals surface area contributed by atoms with E-state index >= 15 is 0 Å². The molecule has 0 aliphatic rings. The molecule has 0 amide bonds. The van der Waals surface area contributed by atoms with Crippen LogP contribution in [0.5, 0.6) is 0 Å². The maximum absolute atomic E-state index is 10.3. The Hall–Kier alpha value is -1.65. The van der Waals surface area contributed by atoms with E-state index < -0.39 is 4.92 Å². The summed E-state index contributed by atoms with van der Waals surface area (Å²) in [5, 5.41) is 11.8. The predicted molar refractivity (Wildman–Crippen MR) is 72.5 cm³/mol. The van der Waals surface area contributed by atoms with E-state index in [2.05, 4.69) is 4.98 Å². The maximum Gasteiger partial charge on any atom is 0.235 e. The van der Waals surface area contributed by atoms with Crippen LogP contribution in [0.25, 0.3) is 17.0 Å². The van der Waals surface area contributed by atoms with Gasteiger partial charge in [0.15, 0.2) is 0 Å². The zero-order chi connectivity index (χ0) is 13.3. The van der Waals surface area contributed by atoms with Crippen molar-refractivity contribution < 1.29 is 4.92 Å². The average molecular weight is 283 g/mol. The van der Waals surface area contributed by atoms with Crippen LogP contribution in [0.4, 0.5) is 0 Å². The molecule has 0 unspecified atom stereocenters. The zero-order valence-corrected chi connectivity index (χ0v) is 10.9. The summed E-state index contributed by atoms with van der Waals surface area (Å²) >= 11 is 12.1. The molecule has 2 rings (SSSR count). The van der Waals surface area contributed by atoms with Gasteiger partial charge >= 0.3 is 0 Å². The summed E-state index contributed by atoms with van der Waals surface area (Å²) in [6.07, 6.45) is 2.12. The Morgan fingerprint density at radius 1 is 1.39 bits per heavy atom. The van der Waals surface area contributed by atoms with Crippen LogP contribution in [0.15, 0.2) is 24.4 Å². The normalized spacial score (nSPS) is 11.3. The van der Waals surface area contributed by atoms with E-state index in [1.807, 2.05) is 13.0 Å². The van der Waals surface area contributed by atoms with Gasteiger partial charge in [0.25, 0.3) is 0 Å². The molecule has 18 heavy (non-hydrogen) atoms. The Labute approximate surface area is 113 Å². The highest BCUT2D eigenvalue weighted by Gasteiger charge is 2.08. The summed E-state index contributed by atoms with van der Waals surface area (Å²) in [4.78, 5) is 14.0. The quantitative estimate of drug-likeness (QED) is 0.473. The third-order valence-electron chi connectivity index (χ3n) is 2.49. The lowest BCUT2D eigenvalue weighted by molar-refractivity contribution is -0.400. The fraction of sp³-hybridized carbons (Fsp3) is 0.0833. The number of pyridine rings is 1. The van der Waals surface area contributed by atoms with E-state index in [0.717, 1.165) is 17.1 Å². The molecule has 0 radical (unpaired) electrons. The predicted octanol–water partition coefficient (Wildman–Crippen LogP) is 4.10. The summed E-state index contributed by atoms with van der Waals surface area (Å²) in [5.74, 6) is 0. The molecule has 4 nitrogen and oxygen atoms in total. The molecule has 0 bridgehead atoms. The highest BCUT2D eigenvalue weighted by atomic mass is 35.5. The molecule has 0 N–H and O–H groups in total. The SMILES string of the molecule is Cc1ccc(Cl)c2cc(C=C[N+](=O)[O-])c(Cl)nc12. The van der Waals surface area contributed by atoms with Crippen LogP contribution >= 0.6 is 23.2 Å². The number of nitrogens with zero attached hydrogens (tertiary/aromatic N) is 2. The van der Waals surface area contributed by atoms with E-state index in [9.17, 15) is 10.1 Å². The standard InChI is InChI=1S/C12H8Cl2N2O2/c1-7-2-3-10(13)9-6-8(4-5-16(17)18)12(14)15-11(7)9/h2-6H,1H3. The number of halogens is 2. The minimum absolute atomic E-state index is 0.214. The molecule has 0 aliphatic heterocycles. The minimum Gasteiger partial charge on any atom is -0.259 e. The molecule has 0 aliphatic carbocycles. The second-order valence-corrected chi connectivity index (χ2v) is 4.50. The number of fused-ring (bicyclic) bond motifs is 1. The number of hydrogen-bond acceptors (Lipinski definition) is 3. The van der Waals surface area contributed by atoms with E-state index in [1.54, 1.807) is 12.1 Å². The molecule has 0 saturated carbocycles. The van der Waals surface area contributed by atoms with Gasteiger partial charge in [0, 0.05) is 17.0 Å². The van der Waals surface area contributed by atoms with Crippen molar-refractivity contribution in [2.24, 2.45) is 0 Å². The van der Waals surface area contributed by atoms with Crippen molar-refractivity contribution in [2.45, 2.75) is 6.92 Å². The van der Waals surface area contributed by atoms with Gasteiger partial charge in [0.2, 0.25) is 6.20 Å². The lowest BCUT2D eigenvalue weighted by atomic mass is 10.1. The van der Waals surface area contributed by atoms with Gasteiger partial charge in [0.1, 0.15) is 5.15 Å². The largest absolute Gasteiger partial charge is 0.259 e. The highest BCUT2D eigenvalue weighted by molar-refractivity contribution is 6.36. The van der Waals surface area contributed by atoms with E-state index in [4.69, 9.17) is 23.2 Å². The zero-order valence-electron chi connectivity index (χ0n) is 9.35. The fourth-order valence-corrected chi connectivity index (χ4v) is 2.02. The molecule has 92 valence electrons. The number of aromatic nitrogens is 1. The van der Waals surface area contributed by atoms with Gasteiger partial charge in [-0.25, -0.2) is 4.98 Å². The van der Waals surface area contributed by atoms with E-state index in [1.165, 1.54) is 6.08 Å². The van der Waals surface area contributed by atoms with Gasteiger partial charge in [-0.05, 0) is 24.6 Å². The summed E-state index contributed by atoms with van der Waals surface area (Å²) in [7, 11) is 0. The van der Waals surface area contributed by atoms with Crippen LogP contribution in [0.2, 0.25) is 10.2 Å². The smallest absolute Gasteiger partial charge is 0.235 e.